The van der Waals surface area contributed by atoms with E-state index in [0.717, 1.165) is 35.4 Å². The van der Waals surface area contributed by atoms with Gasteiger partial charge in [-0.3, -0.25) is 14.6 Å². The molecule has 1 aromatic carbocycles. The second kappa shape index (κ2) is 8.00. The van der Waals surface area contributed by atoms with Crippen LogP contribution in [0, 0.1) is 6.92 Å². The maximum absolute atomic E-state index is 13.2. The SMILES string of the molecule is Cc1ccc(NS(=O)(=O)c2ccsc2C(=O)N2CCCC(c3ccn[nH]3)C2)cc1. The van der Waals surface area contributed by atoms with Crippen LogP contribution in [0.2, 0.25) is 0 Å². The molecule has 2 N–H and O–H groups in total. The van der Waals surface area contributed by atoms with Crippen molar-refractivity contribution in [2.45, 2.75) is 30.6 Å². The summed E-state index contributed by atoms with van der Waals surface area (Å²) < 4.78 is 28.4. The summed E-state index contributed by atoms with van der Waals surface area (Å²) in [5.41, 5.74) is 2.51. The van der Waals surface area contributed by atoms with Gasteiger partial charge in [0.05, 0.1) is 0 Å². The number of anilines is 1. The topological polar surface area (TPSA) is 95.2 Å². The highest BCUT2D eigenvalue weighted by Gasteiger charge is 2.31. The number of aromatic amines is 1. The molecule has 3 aromatic rings. The third kappa shape index (κ3) is 4.20. The van der Waals surface area contributed by atoms with E-state index in [9.17, 15) is 13.2 Å². The lowest BCUT2D eigenvalue weighted by Crippen LogP contribution is -2.39. The van der Waals surface area contributed by atoms with Gasteiger partial charge in [0, 0.05) is 36.6 Å². The molecule has 1 atom stereocenters. The Kier molecular flexibility index (Phi) is 5.42. The number of hydrogen-bond donors (Lipinski definition) is 2. The number of aromatic nitrogens is 2. The first-order valence-corrected chi connectivity index (χ1v) is 11.8. The van der Waals surface area contributed by atoms with E-state index in [1.807, 2.05) is 25.1 Å². The van der Waals surface area contributed by atoms with E-state index in [1.165, 1.54) is 6.07 Å². The van der Waals surface area contributed by atoms with Crippen LogP contribution in [-0.2, 0) is 10.0 Å². The number of nitrogens with zero attached hydrogens (tertiary/aromatic N) is 2. The predicted octanol–water partition coefficient (Wildman–Crippen LogP) is 3.60. The average molecular weight is 431 g/mol. The van der Waals surface area contributed by atoms with Crippen LogP contribution in [0.4, 0.5) is 5.69 Å². The van der Waals surface area contributed by atoms with Gasteiger partial charge in [-0.25, -0.2) is 8.42 Å². The molecular formula is C20H22N4O3S2. The number of aryl methyl sites for hydroxylation is 1. The van der Waals surface area contributed by atoms with Crippen LogP contribution >= 0.6 is 11.3 Å². The number of H-pyrrole nitrogens is 1. The highest BCUT2D eigenvalue weighted by atomic mass is 32.2. The molecule has 3 heterocycles. The molecule has 29 heavy (non-hydrogen) atoms. The van der Waals surface area contributed by atoms with Crippen LogP contribution in [0.1, 0.15) is 39.7 Å². The maximum Gasteiger partial charge on any atom is 0.265 e. The number of carbonyl (C=O) groups excluding carboxylic acids is 1. The monoisotopic (exact) mass is 430 g/mol. The molecule has 1 unspecified atom stereocenters. The first kappa shape index (κ1) is 19.7. The van der Waals surface area contributed by atoms with Gasteiger partial charge in [0.1, 0.15) is 9.77 Å². The van der Waals surface area contributed by atoms with Crippen LogP contribution in [0.5, 0.6) is 0 Å². The molecule has 9 heteroatoms. The van der Waals surface area contributed by atoms with E-state index in [-0.39, 0.29) is 21.6 Å². The lowest BCUT2D eigenvalue weighted by molar-refractivity contribution is 0.0707. The molecule has 152 valence electrons. The van der Waals surface area contributed by atoms with E-state index in [2.05, 4.69) is 14.9 Å². The minimum atomic E-state index is -3.86. The summed E-state index contributed by atoms with van der Waals surface area (Å²) in [6.07, 6.45) is 3.54. The number of hydrogen-bond acceptors (Lipinski definition) is 5. The van der Waals surface area contributed by atoms with Crippen molar-refractivity contribution in [1.82, 2.24) is 15.1 Å². The number of amides is 1. The molecule has 1 amide bonds. The highest BCUT2D eigenvalue weighted by molar-refractivity contribution is 7.93. The van der Waals surface area contributed by atoms with Crippen LogP contribution in [0.25, 0.3) is 0 Å². The Bertz CT molecular complexity index is 1090. The molecule has 0 radical (unpaired) electrons. The minimum Gasteiger partial charge on any atom is -0.337 e. The predicted molar refractivity (Wildman–Crippen MR) is 113 cm³/mol. The molecule has 0 saturated carbocycles. The summed E-state index contributed by atoms with van der Waals surface area (Å²) in [4.78, 5) is 15.2. The Hall–Kier alpha value is -2.65. The Morgan fingerprint density at radius 3 is 2.76 bits per heavy atom. The number of nitrogens with one attached hydrogen (secondary N) is 2. The van der Waals surface area contributed by atoms with Crippen molar-refractivity contribution in [1.29, 1.82) is 0 Å². The molecule has 1 saturated heterocycles. The minimum absolute atomic E-state index is 0.0248. The third-order valence-corrected chi connectivity index (χ3v) is 7.54. The third-order valence-electron chi connectivity index (χ3n) is 5.09. The molecule has 4 rings (SSSR count). The zero-order valence-electron chi connectivity index (χ0n) is 16.0. The molecule has 7 nitrogen and oxygen atoms in total. The fourth-order valence-electron chi connectivity index (χ4n) is 3.55. The summed E-state index contributed by atoms with van der Waals surface area (Å²) in [5, 5.41) is 8.62. The molecule has 2 aromatic heterocycles. The number of benzene rings is 1. The summed E-state index contributed by atoms with van der Waals surface area (Å²) in [7, 11) is -3.86. The van der Waals surface area contributed by atoms with Crippen molar-refractivity contribution in [2.75, 3.05) is 17.8 Å². The van der Waals surface area contributed by atoms with Crippen LogP contribution < -0.4 is 4.72 Å². The van der Waals surface area contributed by atoms with Gasteiger partial charge in [0.15, 0.2) is 0 Å². The average Bonchev–Trinajstić information content (AvgIpc) is 3.41. The Morgan fingerprint density at radius 1 is 1.24 bits per heavy atom. The normalized spacial score (nSPS) is 17.3. The number of rotatable bonds is 5. The highest BCUT2D eigenvalue weighted by Crippen LogP contribution is 2.30. The molecule has 1 aliphatic heterocycles. The van der Waals surface area contributed by atoms with Crippen molar-refractivity contribution in [3.8, 4) is 0 Å². The lowest BCUT2D eigenvalue weighted by atomic mass is 9.95. The first-order valence-electron chi connectivity index (χ1n) is 9.39. The zero-order valence-corrected chi connectivity index (χ0v) is 17.6. The van der Waals surface area contributed by atoms with Crippen LogP contribution in [0.15, 0.2) is 52.9 Å². The maximum atomic E-state index is 13.2. The van der Waals surface area contributed by atoms with Gasteiger partial charge < -0.3 is 4.90 Å². The fraction of sp³-hybridized carbons (Fsp3) is 0.300. The standard InChI is InChI=1S/C20H22N4O3S2/c1-14-4-6-16(7-5-14)23-29(26,27)18-9-12-28-19(18)20(25)24-11-2-3-15(13-24)17-8-10-21-22-17/h4-10,12,15,23H,2-3,11,13H2,1H3,(H,21,22). The quantitative estimate of drug-likeness (QED) is 0.647. The molecule has 1 fully saturated rings. The van der Waals surface area contributed by atoms with Crippen molar-refractivity contribution >= 4 is 33.0 Å². The van der Waals surface area contributed by atoms with Crippen molar-refractivity contribution in [3.63, 3.8) is 0 Å². The second-order valence-electron chi connectivity index (χ2n) is 7.19. The van der Waals surface area contributed by atoms with Crippen LogP contribution in [-0.4, -0.2) is 42.5 Å². The lowest BCUT2D eigenvalue weighted by Gasteiger charge is -2.32. The smallest absolute Gasteiger partial charge is 0.265 e. The van der Waals surface area contributed by atoms with Gasteiger partial charge in [-0.1, -0.05) is 17.7 Å². The number of sulfonamides is 1. The van der Waals surface area contributed by atoms with Gasteiger partial charge in [-0.15, -0.1) is 11.3 Å². The first-order chi connectivity index (χ1) is 13.9. The Morgan fingerprint density at radius 2 is 2.03 bits per heavy atom. The molecule has 1 aliphatic rings. The van der Waals surface area contributed by atoms with Gasteiger partial charge in [0.25, 0.3) is 15.9 Å². The van der Waals surface area contributed by atoms with E-state index in [4.69, 9.17) is 0 Å². The van der Waals surface area contributed by atoms with Gasteiger partial charge in [-0.05, 0) is 49.4 Å². The molecular weight excluding hydrogens is 408 g/mol. The van der Waals surface area contributed by atoms with E-state index in [1.54, 1.807) is 28.6 Å². The van der Waals surface area contributed by atoms with Crippen LogP contribution in [0.3, 0.4) is 0 Å². The number of thiophene rings is 1. The van der Waals surface area contributed by atoms with Crippen molar-refractivity contribution in [3.05, 3.63) is 64.1 Å². The van der Waals surface area contributed by atoms with Gasteiger partial charge >= 0.3 is 0 Å². The summed E-state index contributed by atoms with van der Waals surface area (Å²) in [6.45, 7) is 3.10. The summed E-state index contributed by atoms with van der Waals surface area (Å²) in [5.74, 6) is -0.0607. The van der Waals surface area contributed by atoms with Gasteiger partial charge in [-0.2, -0.15) is 5.10 Å². The summed E-state index contributed by atoms with van der Waals surface area (Å²) in [6, 6.07) is 10.5. The second-order valence-corrected chi connectivity index (χ2v) is 9.75. The largest absolute Gasteiger partial charge is 0.337 e. The fourth-order valence-corrected chi connectivity index (χ4v) is 6.00. The van der Waals surface area contributed by atoms with Gasteiger partial charge in [0.2, 0.25) is 0 Å². The summed E-state index contributed by atoms with van der Waals surface area (Å²) >= 11 is 1.16. The van der Waals surface area contributed by atoms with Crippen molar-refractivity contribution in [2.24, 2.45) is 0 Å². The number of piperidine rings is 1. The number of likely N-dealkylation sites (tertiary alicyclic amines) is 1. The Labute approximate surface area is 173 Å². The molecule has 0 spiro atoms. The molecule has 0 aliphatic carbocycles. The van der Waals surface area contributed by atoms with E-state index in [0.29, 0.717) is 18.8 Å². The van der Waals surface area contributed by atoms with E-state index < -0.39 is 10.0 Å². The Balaban J connectivity index is 1.55. The van der Waals surface area contributed by atoms with Crippen molar-refractivity contribution < 1.29 is 13.2 Å². The molecule has 0 bridgehead atoms. The number of carbonyl (C=O) groups is 1. The van der Waals surface area contributed by atoms with E-state index >= 15 is 0 Å². The zero-order chi connectivity index (χ0) is 20.4.